The summed E-state index contributed by atoms with van der Waals surface area (Å²) in [7, 11) is 6.61. The van der Waals surface area contributed by atoms with Gasteiger partial charge in [0.15, 0.2) is 0 Å². The van der Waals surface area contributed by atoms with Crippen LogP contribution < -0.4 is 5.32 Å². The molecule has 0 amide bonds. The van der Waals surface area contributed by atoms with Gasteiger partial charge in [-0.1, -0.05) is 0 Å². The molecule has 0 aliphatic rings. The van der Waals surface area contributed by atoms with E-state index in [-0.39, 0.29) is 11.1 Å². The van der Waals surface area contributed by atoms with Gasteiger partial charge in [-0.15, -0.1) is 0 Å². The van der Waals surface area contributed by atoms with Crippen LogP contribution >= 0.6 is 0 Å². The maximum atomic E-state index is 11.9. The van der Waals surface area contributed by atoms with Crippen LogP contribution in [0.15, 0.2) is 34.7 Å². The summed E-state index contributed by atoms with van der Waals surface area (Å²) < 4.78 is 15.3. The normalized spacial score (nSPS) is 10.8. The zero-order valence-corrected chi connectivity index (χ0v) is 15.5. The summed E-state index contributed by atoms with van der Waals surface area (Å²) in [5.74, 6) is 0.260. The van der Waals surface area contributed by atoms with Crippen LogP contribution in [0, 0.1) is 0 Å². The molecule has 1 heterocycles. The molecule has 0 unspecified atom stereocenters. The first kappa shape index (κ1) is 19.7. The van der Waals surface area contributed by atoms with Crippen molar-refractivity contribution in [2.45, 2.75) is 6.54 Å². The molecule has 0 aliphatic carbocycles. The van der Waals surface area contributed by atoms with Crippen LogP contribution in [-0.4, -0.2) is 58.2 Å². The summed E-state index contributed by atoms with van der Waals surface area (Å²) in [5, 5.41) is 3.29. The Labute approximate surface area is 152 Å². The molecule has 0 atom stereocenters. The fourth-order valence-electron chi connectivity index (χ4n) is 2.38. The van der Waals surface area contributed by atoms with Gasteiger partial charge in [0.2, 0.25) is 0 Å². The molecule has 140 valence electrons. The quantitative estimate of drug-likeness (QED) is 0.571. The van der Waals surface area contributed by atoms with Crippen LogP contribution in [0.4, 0.5) is 0 Å². The Morgan fingerprint density at radius 2 is 1.65 bits per heavy atom. The third kappa shape index (κ3) is 5.18. The number of nitrogens with one attached hydrogen (secondary N) is 1. The molecule has 1 aromatic heterocycles. The Kier molecular flexibility index (Phi) is 6.94. The molecule has 0 radical (unpaired) electrons. The number of carbonyl (C=O) groups is 2. The molecule has 0 spiro atoms. The fourth-order valence-corrected chi connectivity index (χ4v) is 2.38. The number of esters is 2. The van der Waals surface area contributed by atoms with Gasteiger partial charge >= 0.3 is 11.9 Å². The van der Waals surface area contributed by atoms with Crippen molar-refractivity contribution >= 4 is 11.9 Å². The van der Waals surface area contributed by atoms with E-state index in [9.17, 15) is 9.59 Å². The third-order valence-electron chi connectivity index (χ3n) is 3.76. The summed E-state index contributed by atoms with van der Waals surface area (Å²) in [6, 6.07) is 8.36. The second-order valence-electron chi connectivity index (χ2n) is 6.03. The molecular weight excluding hydrogens is 336 g/mol. The maximum Gasteiger partial charge on any atom is 0.337 e. The number of rotatable bonds is 8. The van der Waals surface area contributed by atoms with Gasteiger partial charge in [0.25, 0.3) is 0 Å². The molecule has 26 heavy (non-hydrogen) atoms. The summed E-state index contributed by atoms with van der Waals surface area (Å²) in [6.07, 6.45) is 0. The van der Waals surface area contributed by atoms with E-state index < -0.39 is 11.9 Å². The SMILES string of the molecule is COC(=O)c1cc(C(=O)OC)cc(-c2ccc(CNCCN(C)C)o2)c1. The van der Waals surface area contributed by atoms with Gasteiger partial charge in [-0.05, 0) is 44.4 Å². The number of likely N-dealkylation sites (N-methyl/N-ethyl adjacent to an activating group) is 1. The summed E-state index contributed by atoms with van der Waals surface area (Å²) >= 11 is 0. The van der Waals surface area contributed by atoms with E-state index in [0.717, 1.165) is 18.8 Å². The molecule has 0 fully saturated rings. The smallest absolute Gasteiger partial charge is 0.337 e. The molecule has 7 heteroatoms. The van der Waals surface area contributed by atoms with Crippen molar-refractivity contribution in [2.24, 2.45) is 0 Å². The van der Waals surface area contributed by atoms with Gasteiger partial charge in [-0.2, -0.15) is 0 Å². The number of benzene rings is 1. The van der Waals surface area contributed by atoms with Crippen LogP contribution in [0.1, 0.15) is 26.5 Å². The number of carbonyl (C=O) groups excluding carboxylic acids is 2. The first-order valence-electron chi connectivity index (χ1n) is 8.21. The van der Waals surface area contributed by atoms with Crippen LogP contribution in [0.3, 0.4) is 0 Å². The maximum absolute atomic E-state index is 11.9. The summed E-state index contributed by atoms with van der Waals surface area (Å²) in [6.45, 7) is 2.36. The van der Waals surface area contributed by atoms with Crippen molar-refractivity contribution in [3.63, 3.8) is 0 Å². The second-order valence-corrected chi connectivity index (χ2v) is 6.03. The summed E-state index contributed by atoms with van der Waals surface area (Å²) in [4.78, 5) is 25.8. The van der Waals surface area contributed by atoms with E-state index in [1.54, 1.807) is 18.2 Å². The van der Waals surface area contributed by atoms with E-state index in [1.807, 2.05) is 20.2 Å². The van der Waals surface area contributed by atoms with Crippen molar-refractivity contribution in [1.82, 2.24) is 10.2 Å². The van der Waals surface area contributed by atoms with Crippen LogP contribution in [-0.2, 0) is 16.0 Å². The van der Waals surface area contributed by atoms with Gasteiger partial charge < -0.3 is 24.1 Å². The second kappa shape index (κ2) is 9.17. The third-order valence-corrected chi connectivity index (χ3v) is 3.76. The average molecular weight is 360 g/mol. The number of furan rings is 1. The van der Waals surface area contributed by atoms with Crippen molar-refractivity contribution in [3.05, 3.63) is 47.2 Å². The number of methoxy groups -OCH3 is 2. The lowest BCUT2D eigenvalue weighted by Gasteiger charge is -2.09. The van der Waals surface area contributed by atoms with E-state index in [0.29, 0.717) is 17.9 Å². The lowest BCUT2D eigenvalue weighted by molar-refractivity contribution is 0.0599. The molecule has 0 aliphatic heterocycles. The lowest BCUT2D eigenvalue weighted by Crippen LogP contribution is -2.25. The summed E-state index contributed by atoms with van der Waals surface area (Å²) in [5.41, 5.74) is 1.12. The molecule has 7 nitrogen and oxygen atoms in total. The fraction of sp³-hybridized carbons (Fsp3) is 0.368. The Balaban J connectivity index is 2.21. The van der Waals surface area contributed by atoms with Crippen molar-refractivity contribution in [1.29, 1.82) is 0 Å². The molecule has 0 bridgehead atoms. The predicted octanol–water partition coefficient (Wildman–Crippen LogP) is 2.17. The Morgan fingerprint density at radius 3 is 2.19 bits per heavy atom. The predicted molar refractivity (Wildman–Crippen MR) is 97.1 cm³/mol. The number of ether oxygens (including phenoxy) is 2. The van der Waals surface area contributed by atoms with E-state index >= 15 is 0 Å². The number of hydrogen-bond acceptors (Lipinski definition) is 7. The van der Waals surface area contributed by atoms with Crippen LogP contribution in [0.5, 0.6) is 0 Å². The van der Waals surface area contributed by atoms with Crippen LogP contribution in [0.2, 0.25) is 0 Å². The van der Waals surface area contributed by atoms with Gasteiger partial charge in [0.1, 0.15) is 11.5 Å². The largest absolute Gasteiger partial charge is 0.465 e. The minimum atomic E-state index is -0.533. The van der Waals surface area contributed by atoms with E-state index in [2.05, 4.69) is 10.2 Å². The first-order chi connectivity index (χ1) is 12.4. The molecule has 2 rings (SSSR count). The Hall–Kier alpha value is -2.64. The minimum Gasteiger partial charge on any atom is -0.465 e. The van der Waals surface area contributed by atoms with Gasteiger partial charge in [-0.3, -0.25) is 0 Å². The molecule has 1 aromatic carbocycles. The molecule has 0 saturated carbocycles. The zero-order valence-electron chi connectivity index (χ0n) is 15.5. The van der Waals surface area contributed by atoms with Crippen LogP contribution in [0.25, 0.3) is 11.3 Å². The first-order valence-corrected chi connectivity index (χ1v) is 8.21. The van der Waals surface area contributed by atoms with Crippen molar-refractivity contribution < 1.29 is 23.5 Å². The molecule has 1 N–H and O–H groups in total. The highest BCUT2D eigenvalue weighted by molar-refractivity contribution is 5.97. The van der Waals surface area contributed by atoms with E-state index in [4.69, 9.17) is 13.9 Å². The van der Waals surface area contributed by atoms with Gasteiger partial charge in [0, 0.05) is 18.7 Å². The van der Waals surface area contributed by atoms with Gasteiger partial charge in [0.05, 0.1) is 31.9 Å². The van der Waals surface area contributed by atoms with Crippen molar-refractivity contribution in [2.75, 3.05) is 41.4 Å². The lowest BCUT2D eigenvalue weighted by atomic mass is 10.0. The van der Waals surface area contributed by atoms with Gasteiger partial charge in [-0.25, -0.2) is 9.59 Å². The number of nitrogens with zero attached hydrogens (tertiary/aromatic N) is 1. The average Bonchev–Trinajstić information content (AvgIpc) is 3.12. The zero-order chi connectivity index (χ0) is 19.1. The number of hydrogen-bond donors (Lipinski definition) is 1. The van der Waals surface area contributed by atoms with E-state index in [1.165, 1.54) is 20.3 Å². The highest BCUT2D eigenvalue weighted by atomic mass is 16.5. The Bertz CT molecular complexity index is 733. The Morgan fingerprint density at radius 1 is 1.04 bits per heavy atom. The molecular formula is C19H24N2O5. The highest BCUT2D eigenvalue weighted by Gasteiger charge is 2.16. The topological polar surface area (TPSA) is 81.0 Å². The molecule has 2 aromatic rings. The highest BCUT2D eigenvalue weighted by Crippen LogP contribution is 2.25. The minimum absolute atomic E-state index is 0.257. The van der Waals surface area contributed by atoms with Crippen molar-refractivity contribution in [3.8, 4) is 11.3 Å². The molecule has 0 saturated heterocycles. The standard InChI is InChI=1S/C19H24N2O5/c1-21(2)8-7-20-12-16-5-6-17(26-16)13-9-14(18(22)24-3)11-15(10-13)19(23)25-4/h5-6,9-11,20H,7-8,12H2,1-4H3. The monoisotopic (exact) mass is 360 g/mol.